The van der Waals surface area contributed by atoms with Gasteiger partial charge in [-0.25, -0.2) is 8.42 Å². The molecule has 0 fully saturated rings. The van der Waals surface area contributed by atoms with Crippen molar-refractivity contribution in [3.8, 4) is 6.07 Å². The van der Waals surface area contributed by atoms with Crippen molar-refractivity contribution in [2.45, 2.75) is 37.2 Å². The van der Waals surface area contributed by atoms with Gasteiger partial charge in [0.15, 0.2) is 9.84 Å². The Labute approximate surface area is 109 Å². The summed E-state index contributed by atoms with van der Waals surface area (Å²) < 4.78 is 22.6. The molecule has 1 atom stereocenters. The van der Waals surface area contributed by atoms with E-state index in [4.69, 9.17) is 5.26 Å². The summed E-state index contributed by atoms with van der Waals surface area (Å²) in [4.78, 5) is 0.329. The Hall–Kier alpha value is -1.38. The fraction of sp³-hybridized carbons (Fsp3) is 0.462. The Morgan fingerprint density at radius 2 is 1.94 bits per heavy atom. The molecule has 0 bridgehead atoms. The van der Waals surface area contributed by atoms with Crippen LogP contribution < -0.4 is 5.32 Å². The van der Waals surface area contributed by atoms with Crippen molar-refractivity contribution in [3.63, 3.8) is 0 Å². The fourth-order valence-corrected chi connectivity index (χ4v) is 2.22. The van der Waals surface area contributed by atoms with E-state index in [0.29, 0.717) is 17.9 Å². The largest absolute Gasteiger partial charge is 0.309 e. The number of sulfone groups is 1. The van der Waals surface area contributed by atoms with Crippen LogP contribution in [0.4, 0.5) is 0 Å². The molecule has 1 N–H and O–H groups in total. The zero-order valence-electron chi connectivity index (χ0n) is 10.7. The summed E-state index contributed by atoms with van der Waals surface area (Å²) in [6.07, 6.45) is 2.58. The molecule has 98 valence electrons. The minimum absolute atomic E-state index is 0.185. The fourth-order valence-electron chi connectivity index (χ4n) is 1.59. The van der Waals surface area contributed by atoms with E-state index in [9.17, 15) is 8.42 Å². The third-order valence-corrected chi connectivity index (χ3v) is 3.91. The molecule has 0 aliphatic heterocycles. The van der Waals surface area contributed by atoms with Crippen LogP contribution >= 0.6 is 0 Å². The summed E-state index contributed by atoms with van der Waals surface area (Å²) >= 11 is 0. The molecule has 0 amide bonds. The third kappa shape index (κ3) is 4.47. The Bertz CT molecular complexity index is 515. The Morgan fingerprint density at radius 1 is 1.33 bits per heavy atom. The number of hydrogen-bond donors (Lipinski definition) is 1. The maximum Gasteiger partial charge on any atom is 0.175 e. The zero-order valence-corrected chi connectivity index (χ0v) is 11.5. The van der Waals surface area contributed by atoms with Gasteiger partial charge in [0, 0.05) is 18.8 Å². The number of hydrogen-bond acceptors (Lipinski definition) is 4. The molecule has 0 radical (unpaired) electrons. The van der Waals surface area contributed by atoms with Crippen LogP contribution in [0.2, 0.25) is 0 Å². The highest BCUT2D eigenvalue weighted by Crippen LogP contribution is 2.10. The van der Waals surface area contributed by atoms with Gasteiger partial charge >= 0.3 is 0 Å². The Kier molecular flexibility index (Phi) is 5.32. The monoisotopic (exact) mass is 266 g/mol. The minimum Gasteiger partial charge on any atom is -0.309 e. The predicted molar refractivity (Wildman–Crippen MR) is 70.7 cm³/mol. The topological polar surface area (TPSA) is 70.0 Å². The maximum atomic E-state index is 11.3. The first-order chi connectivity index (χ1) is 8.47. The van der Waals surface area contributed by atoms with Crippen LogP contribution in [0.15, 0.2) is 29.2 Å². The highest BCUT2D eigenvalue weighted by molar-refractivity contribution is 7.90. The summed E-state index contributed by atoms with van der Waals surface area (Å²) in [6.45, 7) is 2.67. The second-order valence-corrected chi connectivity index (χ2v) is 6.28. The molecule has 1 unspecified atom stereocenters. The summed E-state index contributed by atoms with van der Waals surface area (Å²) in [5.74, 6) is 0. The number of rotatable bonds is 6. The highest BCUT2D eigenvalue weighted by Gasteiger charge is 2.07. The van der Waals surface area contributed by atoms with E-state index >= 15 is 0 Å². The molecule has 18 heavy (non-hydrogen) atoms. The summed E-state index contributed by atoms with van der Waals surface area (Å²) in [6, 6.07) is 9.13. The lowest BCUT2D eigenvalue weighted by molar-refractivity contribution is 0.505. The lowest BCUT2D eigenvalue weighted by atomic mass is 10.1. The Balaban J connectivity index is 2.62. The van der Waals surface area contributed by atoms with E-state index < -0.39 is 9.84 Å². The average Bonchev–Trinajstić information content (AvgIpc) is 2.34. The van der Waals surface area contributed by atoms with Crippen molar-refractivity contribution in [1.82, 2.24) is 5.32 Å². The molecule has 0 spiro atoms. The van der Waals surface area contributed by atoms with E-state index in [1.165, 1.54) is 6.26 Å². The van der Waals surface area contributed by atoms with Gasteiger partial charge < -0.3 is 5.32 Å². The Morgan fingerprint density at radius 3 is 2.39 bits per heavy atom. The summed E-state index contributed by atoms with van der Waals surface area (Å²) in [5.41, 5.74) is 1.01. The number of nitrogens with one attached hydrogen (secondary N) is 1. The molecule has 0 aromatic heterocycles. The maximum absolute atomic E-state index is 11.3. The van der Waals surface area contributed by atoms with Gasteiger partial charge in [-0.15, -0.1) is 0 Å². The molecule has 0 aliphatic rings. The van der Waals surface area contributed by atoms with Crippen molar-refractivity contribution < 1.29 is 8.42 Å². The molecule has 0 saturated carbocycles. The molecule has 5 heteroatoms. The van der Waals surface area contributed by atoms with E-state index in [2.05, 4.69) is 11.4 Å². The smallest absolute Gasteiger partial charge is 0.175 e. The van der Waals surface area contributed by atoms with Crippen LogP contribution in [0.3, 0.4) is 0 Å². The van der Waals surface area contributed by atoms with Crippen molar-refractivity contribution in [3.05, 3.63) is 29.8 Å². The molecular weight excluding hydrogens is 248 g/mol. The van der Waals surface area contributed by atoms with Gasteiger partial charge in [0.1, 0.15) is 0 Å². The van der Waals surface area contributed by atoms with Crippen LogP contribution in [0.25, 0.3) is 0 Å². The number of nitrogens with zero attached hydrogens (tertiary/aromatic N) is 1. The third-order valence-electron chi connectivity index (χ3n) is 2.78. The molecule has 0 heterocycles. The van der Waals surface area contributed by atoms with Crippen LogP contribution in [0.1, 0.15) is 25.3 Å². The first-order valence-electron chi connectivity index (χ1n) is 5.86. The highest BCUT2D eigenvalue weighted by atomic mass is 32.2. The van der Waals surface area contributed by atoms with Gasteiger partial charge in [-0.05, 0) is 24.1 Å². The zero-order chi connectivity index (χ0) is 13.6. The molecule has 0 aliphatic carbocycles. The van der Waals surface area contributed by atoms with Gasteiger partial charge in [-0.1, -0.05) is 19.1 Å². The second kappa shape index (κ2) is 6.53. The quantitative estimate of drug-likeness (QED) is 0.853. The van der Waals surface area contributed by atoms with Crippen LogP contribution in [0.5, 0.6) is 0 Å². The van der Waals surface area contributed by atoms with Gasteiger partial charge in [0.2, 0.25) is 0 Å². The van der Waals surface area contributed by atoms with Gasteiger partial charge in [-0.2, -0.15) is 5.26 Å². The summed E-state index contributed by atoms with van der Waals surface area (Å²) in [7, 11) is -3.13. The summed E-state index contributed by atoms with van der Waals surface area (Å²) in [5, 5.41) is 11.9. The number of benzene rings is 1. The van der Waals surface area contributed by atoms with Crippen LogP contribution in [-0.2, 0) is 16.4 Å². The van der Waals surface area contributed by atoms with Gasteiger partial charge in [0.05, 0.1) is 17.4 Å². The van der Waals surface area contributed by atoms with E-state index in [1.54, 1.807) is 24.3 Å². The van der Waals surface area contributed by atoms with Crippen molar-refractivity contribution in [2.75, 3.05) is 6.26 Å². The molecule has 1 aromatic rings. The van der Waals surface area contributed by atoms with Crippen molar-refractivity contribution in [1.29, 1.82) is 5.26 Å². The van der Waals surface area contributed by atoms with Crippen molar-refractivity contribution >= 4 is 9.84 Å². The molecule has 1 rings (SSSR count). The normalized spacial score (nSPS) is 12.9. The van der Waals surface area contributed by atoms with Crippen LogP contribution in [-0.4, -0.2) is 20.7 Å². The molecule has 0 saturated heterocycles. The minimum atomic E-state index is -3.13. The number of nitriles is 1. The standard InChI is InChI=1S/C13H18N2O2S/c1-3-12(8-9-14)15-10-11-4-6-13(7-5-11)18(2,16)17/h4-7,12,15H,3,8,10H2,1-2H3. The molecular formula is C13H18N2O2S. The first-order valence-corrected chi connectivity index (χ1v) is 7.76. The van der Waals surface area contributed by atoms with Gasteiger partial charge in [0.25, 0.3) is 0 Å². The molecule has 4 nitrogen and oxygen atoms in total. The second-order valence-electron chi connectivity index (χ2n) is 4.26. The first kappa shape index (κ1) is 14.7. The van der Waals surface area contributed by atoms with E-state index in [0.717, 1.165) is 12.0 Å². The predicted octanol–water partition coefficient (Wildman–Crippen LogP) is 1.87. The SMILES string of the molecule is CCC(CC#N)NCc1ccc(S(C)(=O)=O)cc1. The van der Waals surface area contributed by atoms with Crippen molar-refractivity contribution in [2.24, 2.45) is 0 Å². The lowest BCUT2D eigenvalue weighted by Crippen LogP contribution is -2.27. The van der Waals surface area contributed by atoms with E-state index in [-0.39, 0.29) is 6.04 Å². The van der Waals surface area contributed by atoms with Gasteiger partial charge in [-0.3, -0.25) is 0 Å². The average molecular weight is 266 g/mol. The van der Waals surface area contributed by atoms with Crippen LogP contribution in [0, 0.1) is 11.3 Å². The molecule has 1 aromatic carbocycles. The van der Waals surface area contributed by atoms with E-state index in [1.807, 2.05) is 6.92 Å². The lowest BCUT2D eigenvalue weighted by Gasteiger charge is -2.13.